The highest BCUT2D eigenvalue weighted by Gasteiger charge is 2.19. The van der Waals surface area contributed by atoms with Gasteiger partial charge in [0.1, 0.15) is 5.02 Å². The second kappa shape index (κ2) is 5.66. The van der Waals surface area contributed by atoms with Gasteiger partial charge in [-0.2, -0.15) is 10.2 Å². The van der Waals surface area contributed by atoms with Gasteiger partial charge in [-0.3, -0.25) is 9.48 Å². The molecule has 23 heavy (non-hydrogen) atoms. The third-order valence-electron chi connectivity index (χ3n) is 3.57. The fourth-order valence-electron chi connectivity index (χ4n) is 2.60. The minimum atomic E-state index is -0.278. The molecule has 0 fully saturated rings. The fourth-order valence-corrected chi connectivity index (χ4v) is 2.82. The van der Waals surface area contributed by atoms with E-state index in [-0.39, 0.29) is 5.91 Å². The summed E-state index contributed by atoms with van der Waals surface area (Å²) in [5.74, 6) is 0.0576. The number of pyridine rings is 1. The molecule has 0 radical (unpaired) electrons. The van der Waals surface area contributed by atoms with Crippen LogP contribution in [0.4, 0.5) is 5.82 Å². The molecule has 0 saturated heterocycles. The van der Waals surface area contributed by atoms with Crippen molar-refractivity contribution in [2.45, 2.75) is 27.3 Å². The average Bonchev–Trinajstić information content (AvgIpc) is 2.97. The minimum absolute atomic E-state index is 0.278. The minimum Gasteiger partial charge on any atom is -0.304 e. The Hall–Kier alpha value is -2.41. The molecule has 0 unspecified atom stereocenters. The molecule has 0 aromatic carbocycles. The van der Waals surface area contributed by atoms with Crippen molar-refractivity contribution in [1.29, 1.82) is 0 Å². The van der Waals surface area contributed by atoms with Crippen LogP contribution in [-0.2, 0) is 13.6 Å². The van der Waals surface area contributed by atoms with Crippen LogP contribution in [0.2, 0.25) is 5.02 Å². The molecule has 0 saturated carbocycles. The third kappa shape index (κ3) is 2.68. The van der Waals surface area contributed by atoms with Crippen LogP contribution in [-0.4, -0.2) is 30.5 Å². The van der Waals surface area contributed by atoms with Crippen LogP contribution < -0.4 is 5.32 Å². The van der Waals surface area contributed by atoms with E-state index in [1.807, 2.05) is 20.8 Å². The zero-order chi connectivity index (χ0) is 16.7. The topological polar surface area (TPSA) is 77.6 Å². The largest absolute Gasteiger partial charge is 0.304 e. The standard InChI is InChI=1S/C15H17ClN6O/c1-5-22-14-12(9(3)19-22)10(6-8(2)17-14)15(23)18-13-11(16)7-21(4)20-13/h6-7H,5H2,1-4H3,(H,18,20,23). The number of aryl methyl sites for hydroxylation is 4. The van der Waals surface area contributed by atoms with E-state index < -0.39 is 0 Å². The van der Waals surface area contributed by atoms with Gasteiger partial charge in [0.2, 0.25) is 0 Å². The molecule has 120 valence electrons. The normalized spacial score (nSPS) is 11.2. The first-order valence-corrected chi connectivity index (χ1v) is 7.63. The van der Waals surface area contributed by atoms with Crippen molar-refractivity contribution in [3.8, 4) is 0 Å². The van der Waals surface area contributed by atoms with Gasteiger partial charge in [0, 0.05) is 25.5 Å². The molecular formula is C15H17ClN6O. The summed E-state index contributed by atoms with van der Waals surface area (Å²) >= 11 is 6.06. The number of aromatic nitrogens is 5. The van der Waals surface area contributed by atoms with Gasteiger partial charge in [-0.1, -0.05) is 11.6 Å². The maximum atomic E-state index is 12.7. The van der Waals surface area contributed by atoms with Crippen molar-refractivity contribution >= 4 is 34.4 Å². The molecule has 0 aliphatic heterocycles. The quantitative estimate of drug-likeness (QED) is 0.800. The molecule has 0 spiro atoms. The lowest BCUT2D eigenvalue weighted by atomic mass is 10.1. The number of anilines is 1. The van der Waals surface area contributed by atoms with Crippen LogP contribution in [0, 0.1) is 13.8 Å². The molecule has 3 aromatic heterocycles. The van der Waals surface area contributed by atoms with Crippen LogP contribution in [0.5, 0.6) is 0 Å². The number of carbonyl (C=O) groups excluding carboxylic acids is 1. The lowest BCUT2D eigenvalue weighted by molar-refractivity contribution is 0.102. The molecule has 1 N–H and O–H groups in total. The Labute approximate surface area is 138 Å². The Morgan fingerprint density at radius 3 is 2.70 bits per heavy atom. The van der Waals surface area contributed by atoms with Gasteiger partial charge in [0.15, 0.2) is 11.5 Å². The van der Waals surface area contributed by atoms with Crippen LogP contribution in [0.15, 0.2) is 12.3 Å². The van der Waals surface area contributed by atoms with Crippen molar-refractivity contribution in [1.82, 2.24) is 24.5 Å². The van der Waals surface area contributed by atoms with E-state index in [2.05, 4.69) is 20.5 Å². The zero-order valence-electron chi connectivity index (χ0n) is 13.4. The molecule has 0 aliphatic rings. The number of fused-ring (bicyclic) bond motifs is 1. The van der Waals surface area contributed by atoms with Crippen molar-refractivity contribution < 1.29 is 4.79 Å². The van der Waals surface area contributed by atoms with Gasteiger partial charge < -0.3 is 5.32 Å². The number of hydrogen-bond acceptors (Lipinski definition) is 4. The first-order chi connectivity index (χ1) is 10.9. The number of amides is 1. The van der Waals surface area contributed by atoms with Crippen LogP contribution in [0.1, 0.15) is 28.7 Å². The van der Waals surface area contributed by atoms with E-state index in [1.54, 1.807) is 28.7 Å². The number of halogens is 1. The summed E-state index contributed by atoms with van der Waals surface area (Å²) in [7, 11) is 1.74. The predicted octanol–water partition coefficient (Wildman–Crippen LogP) is 2.71. The Kier molecular flexibility index (Phi) is 3.81. The number of nitrogens with zero attached hydrogens (tertiary/aromatic N) is 5. The molecule has 3 heterocycles. The van der Waals surface area contributed by atoms with E-state index in [1.165, 1.54) is 0 Å². The smallest absolute Gasteiger partial charge is 0.257 e. The Balaban J connectivity index is 2.10. The number of rotatable bonds is 3. The summed E-state index contributed by atoms with van der Waals surface area (Å²) < 4.78 is 3.34. The maximum Gasteiger partial charge on any atom is 0.257 e. The fraction of sp³-hybridized carbons (Fsp3) is 0.333. The molecule has 3 rings (SSSR count). The second-order valence-corrected chi connectivity index (χ2v) is 5.77. The van der Waals surface area contributed by atoms with E-state index in [0.717, 1.165) is 16.8 Å². The van der Waals surface area contributed by atoms with Crippen LogP contribution >= 0.6 is 11.6 Å². The first kappa shape index (κ1) is 15.5. The highest BCUT2D eigenvalue weighted by atomic mass is 35.5. The number of carbonyl (C=O) groups is 1. The summed E-state index contributed by atoms with van der Waals surface area (Å²) in [6.45, 7) is 6.40. The molecule has 7 nitrogen and oxygen atoms in total. The molecule has 0 aliphatic carbocycles. The number of hydrogen-bond donors (Lipinski definition) is 1. The van der Waals surface area contributed by atoms with Gasteiger partial charge in [-0.25, -0.2) is 9.67 Å². The van der Waals surface area contributed by atoms with Gasteiger partial charge in [-0.15, -0.1) is 0 Å². The van der Waals surface area contributed by atoms with Crippen molar-refractivity contribution in [2.75, 3.05) is 5.32 Å². The van der Waals surface area contributed by atoms with Crippen LogP contribution in [0.25, 0.3) is 11.0 Å². The summed E-state index contributed by atoms with van der Waals surface area (Å²) in [5, 5.41) is 12.5. The Morgan fingerprint density at radius 1 is 1.35 bits per heavy atom. The van der Waals surface area contributed by atoms with Gasteiger partial charge in [-0.05, 0) is 26.8 Å². The Bertz CT molecular complexity index is 910. The number of nitrogens with one attached hydrogen (secondary N) is 1. The molecular weight excluding hydrogens is 316 g/mol. The molecule has 3 aromatic rings. The summed E-state index contributed by atoms with van der Waals surface area (Å²) in [6, 6.07) is 1.75. The lowest BCUT2D eigenvalue weighted by Gasteiger charge is -2.06. The zero-order valence-corrected chi connectivity index (χ0v) is 14.1. The molecule has 1 amide bonds. The van der Waals surface area contributed by atoms with E-state index >= 15 is 0 Å². The van der Waals surface area contributed by atoms with Crippen molar-refractivity contribution in [2.24, 2.45) is 7.05 Å². The lowest BCUT2D eigenvalue weighted by Crippen LogP contribution is -2.14. The highest BCUT2D eigenvalue weighted by Crippen LogP contribution is 2.25. The predicted molar refractivity (Wildman–Crippen MR) is 88.8 cm³/mol. The summed E-state index contributed by atoms with van der Waals surface area (Å²) in [5.41, 5.74) is 2.75. The monoisotopic (exact) mass is 332 g/mol. The Morgan fingerprint density at radius 2 is 2.09 bits per heavy atom. The van der Waals surface area contributed by atoms with E-state index in [9.17, 15) is 4.79 Å². The van der Waals surface area contributed by atoms with Crippen molar-refractivity contribution in [3.05, 3.63) is 34.2 Å². The van der Waals surface area contributed by atoms with E-state index in [4.69, 9.17) is 11.6 Å². The summed E-state index contributed by atoms with van der Waals surface area (Å²) in [4.78, 5) is 17.2. The highest BCUT2D eigenvalue weighted by molar-refractivity contribution is 6.33. The van der Waals surface area contributed by atoms with Gasteiger partial charge in [0.25, 0.3) is 5.91 Å². The maximum absolute atomic E-state index is 12.7. The molecule has 8 heteroatoms. The second-order valence-electron chi connectivity index (χ2n) is 5.36. The van der Waals surface area contributed by atoms with Crippen molar-refractivity contribution in [3.63, 3.8) is 0 Å². The summed E-state index contributed by atoms with van der Waals surface area (Å²) in [6.07, 6.45) is 1.63. The van der Waals surface area contributed by atoms with Gasteiger partial charge >= 0.3 is 0 Å². The molecule has 0 atom stereocenters. The van der Waals surface area contributed by atoms with E-state index in [0.29, 0.717) is 28.6 Å². The third-order valence-corrected chi connectivity index (χ3v) is 3.84. The van der Waals surface area contributed by atoms with Crippen LogP contribution in [0.3, 0.4) is 0 Å². The molecule has 0 bridgehead atoms. The average molecular weight is 333 g/mol. The SMILES string of the molecule is CCn1nc(C)c2c(C(=O)Nc3nn(C)cc3Cl)cc(C)nc21. The first-order valence-electron chi connectivity index (χ1n) is 7.26. The van der Waals surface area contributed by atoms with Gasteiger partial charge in [0.05, 0.1) is 16.6 Å².